The van der Waals surface area contributed by atoms with Gasteiger partial charge in [0.1, 0.15) is 6.04 Å². The predicted molar refractivity (Wildman–Crippen MR) is 96.0 cm³/mol. The molecular weight excluding hydrogens is 324 g/mol. The van der Waals surface area contributed by atoms with Gasteiger partial charge >= 0.3 is 0 Å². The van der Waals surface area contributed by atoms with Gasteiger partial charge in [-0.1, -0.05) is 12.1 Å². The van der Waals surface area contributed by atoms with Crippen LogP contribution in [0.2, 0.25) is 0 Å². The Morgan fingerprint density at radius 2 is 2.04 bits per heavy atom. The summed E-state index contributed by atoms with van der Waals surface area (Å²) in [6, 6.07) is 5.68. The maximum Gasteiger partial charge on any atom is 0.244 e. The molecule has 1 fully saturated rings. The second kappa shape index (κ2) is 6.75. The number of sulfone groups is 1. The summed E-state index contributed by atoms with van der Waals surface area (Å²) in [5.41, 5.74) is 3.75. The Morgan fingerprint density at radius 1 is 1.29 bits per heavy atom. The summed E-state index contributed by atoms with van der Waals surface area (Å²) < 4.78 is 23.3. The van der Waals surface area contributed by atoms with Gasteiger partial charge in [-0.3, -0.25) is 4.79 Å². The molecule has 1 N–H and O–H groups in total. The zero-order valence-corrected chi connectivity index (χ0v) is 15.2. The standard InChI is InChI=1S/C18H26N2O3S/c1-13(18(21)20(2)15-10-11-24(22,23)12-15)19-17-9-5-7-14-6-3-4-8-16(14)17/h5,7,9,13,15,19H,3-4,6,8,10-12H2,1-2H3. The number of aryl methyl sites for hydroxylation is 1. The molecule has 132 valence electrons. The predicted octanol–water partition coefficient (Wildman–Crippen LogP) is 2.01. The molecular formula is C18H26N2O3S. The molecule has 1 heterocycles. The Hall–Kier alpha value is -1.56. The van der Waals surface area contributed by atoms with Gasteiger partial charge < -0.3 is 10.2 Å². The Bertz CT molecular complexity index is 730. The molecule has 0 spiro atoms. The molecule has 1 aromatic rings. The van der Waals surface area contributed by atoms with Gasteiger partial charge in [0.15, 0.2) is 9.84 Å². The van der Waals surface area contributed by atoms with E-state index in [1.54, 1.807) is 11.9 Å². The first kappa shape index (κ1) is 17.3. The first-order chi connectivity index (χ1) is 11.4. The molecule has 1 aliphatic heterocycles. The van der Waals surface area contributed by atoms with Crippen molar-refractivity contribution in [3.05, 3.63) is 29.3 Å². The molecule has 6 heteroatoms. The van der Waals surface area contributed by atoms with Crippen LogP contribution in [0.4, 0.5) is 5.69 Å². The van der Waals surface area contributed by atoms with Crippen molar-refractivity contribution in [2.75, 3.05) is 23.9 Å². The zero-order valence-electron chi connectivity index (χ0n) is 14.4. The molecule has 0 radical (unpaired) electrons. The highest BCUT2D eigenvalue weighted by Gasteiger charge is 2.34. The molecule has 1 saturated heterocycles. The van der Waals surface area contributed by atoms with E-state index in [0.29, 0.717) is 6.42 Å². The van der Waals surface area contributed by atoms with Gasteiger partial charge in [-0.25, -0.2) is 8.42 Å². The fraction of sp³-hybridized carbons (Fsp3) is 0.611. The Morgan fingerprint density at radius 3 is 2.75 bits per heavy atom. The van der Waals surface area contributed by atoms with E-state index in [-0.39, 0.29) is 29.5 Å². The molecule has 1 amide bonds. The topological polar surface area (TPSA) is 66.5 Å². The van der Waals surface area contributed by atoms with Crippen molar-refractivity contribution >= 4 is 21.4 Å². The summed E-state index contributed by atoms with van der Waals surface area (Å²) >= 11 is 0. The van der Waals surface area contributed by atoms with E-state index in [2.05, 4.69) is 11.4 Å². The molecule has 2 atom stereocenters. The number of nitrogens with zero attached hydrogens (tertiary/aromatic N) is 1. The number of carbonyl (C=O) groups is 1. The maximum absolute atomic E-state index is 12.7. The van der Waals surface area contributed by atoms with Gasteiger partial charge in [0.25, 0.3) is 0 Å². The number of amides is 1. The van der Waals surface area contributed by atoms with Crippen LogP contribution in [0.25, 0.3) is 0 Å². The number of hydrogen-bond acceptors (Lipinski definition) is 4. The van der Waals surface area contributed by atoms with Crippen molar-refractivity contribution < 1.29 is 13.2 Å². The number of likely N-dealkylation sites (N-methyl/N-ethyl adjacent to an activating group) is 1. The van der Waals surface area contributed by atoms with Crippen LogP contribution in [-0.4, -0.2) is 49.9 Å². The van der Waals surface area contributed by atoms with Crippen molar-refractivity contribution in [3.8, 4) is 0 Å². The SMILES string of the molecule is CC(Nc1cccc2c1CCCC2)C(=O)N(C)C1CCS(=O)(=O)C1. The van der Waals surface area contributed by atoms with Gasteiger partial charge in [0, 0.05) is 18.8 Å². The highest BCUT2D eigenvalue weighted by atomic mass is 32.2. The first-order valence-corrected chi connectivity index (χ1v) is 10.5. The molecule has 1 aliphatic carbocycles. The fourth-order valence-electron chi connectivity index (χ4n) is 3.78. The summed E-state index contributed by atoms with van der Waals surface area (Å²) in [6.45, 7) is 1.85. The van der Waals surface area contributed by atoms with Gasteiger partial charge in [-0.05, 0) is 56.2 Å². The minimum absolute atomic E-state index is 0.0505. The second-order valence-corrected chi connectivity index (χ2v) is 9.25. The van der Waals surface area contributed by atoms with E-state index in [9.17, 15) is 13.2 Å². The van der Waals surface area contributed by atoms with Crippen molar-refractivity contribution in [2.24, 2.45) is 0 Å². The number of benzene rings is 1. The molecule has 2 aliphatic rings. The van der Waals surface area contributed by atoms with Gasteiger partial charge in [0.05, 0.1) is 11.5 Å². The van der Waals surface area contributed by atoms with E-state index in [0.717, 1.165) is 18.5 Å². The molecule has 0 saturated carbocycles. The van der Waals surface area contributed by atoms with Crippen molar-refractivity contribution in [1.29, 1.82) is 0 Å². The third kappa shape index (κ3) is 3.58. The largest absolute Gasteiger partial charge is 0.374 e. The third-order valence-corrected chi connectivity index (χ3v) is 6.99. The van der Waals surface area contributed by atoms with Crippen molar-refractivity contribution in [3.63, 3.8) is 0 Å². The van der Waals surface area contributed by atoms with E-state index < -0.39 is 9.84 Å². The van der Waals surface area contributed by atoms with Crippen molar-refractivity contribution in [1.82, 2.24) is 4.90 Å². The van der Waals surface area contributed by atoms with Gasteiger partial charge in [-0.15, -0.1) is 0 Å². The number of carbonyl (C=O) groups excluding carboxylic acids is 1. The van der Waals surface area contributed by atoms with Crippen LogP contribution < -0.4 is 5.32 Å². The molecule has 1 aromatic carbocycles. The molecule has 2 unspecified atom stereocenters. The number of nitrogens with one attached hydrogen (secondary N) is 1. The van der Waals surface area contributed by atoms with Crippen molar-refractivity contribution in [2.45, 2.75) is 51.1 Å². The van der Waals surface area contributed by atoms with Crippen LogP contribution in [0.3, 0.4) is 0 Å². The lowest BCUT2D eigenvalue weighted by atomic mass is 9.90. The average molecular weight is 350 g/mol. The maximum atomic E-state index is 12.7. The number of fused-ring (bicyclic) bond motifs is 1. The van der Waals surface area contributed by atoms with Crippen LogP contribution in [0.5, 0.6) is 0 Å². The van der Waals surface area contributed by atoms with Gasteiger partial charge in [0.2, 0.25) is 5.91 Å². The number of rotatable bonds is 4. The Balaban J connectivity index is 1.69. The Labute approximate surface area is 144 Å². The lowest BCUT2D eigenvalue weighted by Crippen LogP contribution is -2.45. The number of hydrogen-bond donors (Lipinski definition) is 1. The lowest BCUT2D eigenvalue weighted by Gasteiger charge is -2.28. The van der Waals surface area contributed by atoms with Crippen LogP contribution in [0, 0.1) is 0 Å². The minimum atomic E-state index is -2.98. The highest BCUT2D eigenvalue weighted by molar-refractivity contribution is 7.91. The van der Waals surface area contributed by atoms with E-state index in [1.165, 1.54) is 24.0 Å². The van der Waals surface area contributed by atoms with Gasteiger partial charge in [-0.2, -0.15) is 0 Å². The molecule has 24 heavy (non-hydrogen) atoms. The Kier molecular flexibility index (Phi) is 4.85. The van der Waals surface area contributed by atoms with Crippen LogP contribution in [0.1, 0.15) is 37.3 Å². The average Bonchev–Trinajstić information content (AvgIpc) is 2.93. The van der Waals surface area contributed by atoms with Crippen LogP contribution in [0.15, 0.2) is 18.2 Å². The summed E-state index contributed by atoms with van der Waals surface area (Å²) in [6.07, 6.45) is 5.11. The molecule has 5 nitrogen and oxygen atoms in total. The summed E-state index contributed by atoms with van der Waals surface area (Å²) in [4.78, 5) is 14.3. The highest BCUT2D eigenvalue weighted by Crippen LogP contribution is 2.28. The van der Waals surface area contributed by atoms with E-state index in [4.69, 9.17) is 0 Å². The smallest absolute Gasteiger partial charge is 0.244 e. The summed E-state index contributed by atoms with van der Waals surface area (Å²) in [5, 5.41) is 3.35. The molecule has 0 aromatic heterocycles. The first-order valence-electron chi connectivity index (χ1n) is 8.72. The summed E-state index contributed by atoms with van der Waals surface area (Å²) in [7, 11) is -1.27. The molecule has 0 bridgehead atoms. The third-order valence-electron chi connectivity index (χ3n) is 5.24. The van der Waals surface area contributed by atoms with Crippen LogP contribution >= 0.6 is 0 Å². The number of anilines is 1. The minimum Gasteiger partial charge on any atom is -0.374 e. The second-order valence-electron chi connectivity index (χ2n) is 7.02. The monoisotopic (exact) mass is 350 g/mol. The normalized spacial score (nSPS) is 23.3. The van der Waals surface area contributed by atoms with E-state index in [1.807, 2.05) is 19.1 Å². The zero-order chi connectivity index (χ0) is 17.3. The van der Waals surface area contributed by atoms with E-state index >= 15 is 0 Å². The summed E-state index contributed by atoms with van der Waals surface area (Å²) in [5.74, 6) is 0.219. The lowest BCUT2D eigenvalue weighted by molar-refractivity contribution is -0.132. The fourth-order valence-corrected chi connectivity index (χ4v) is 5.55. The van der Waals surface area contributed by atoms with Crippen LogP contribution in [-0.2, 0) is 27.5 Å². The molecule has 3 rings (SSSR count). The quantitative estimate of drug-likeness (QED) is 0.902.